The first-order valence-electron chi connectivity index (χ1n) is 5.91. The largest absolute Gasteiger partial charge is 0.416 e. The van der Waals surface area contributed by atoms with Crippen LogP contribution in [0.4, 0.5) is 19.0 Å². The van der Waals surface area contributed by atoms with Gasteiger partial charge in [0.05, 0.1) is 16.8 Å². The maximum absolute atomic E-state index is 13.0. The smallest absolute Gasteiger partial charge is 0.364 e. The molecule has 0 radical (unpaired) electrons. The van der Waals surface area contributed by atoms with Gasteiger partial charge in [0.15, 0.2) is 0 Å². The molecule has 0 spiro atoms. The minimum Gasteiger partial charge on any atom is -0.364 e. The SMILES string of the molecule is CC1(Nc2nc(Cl)nc3c2C(C(F)(F)F)=CC3)CC1. The van der Waals surface area contributed by atoms with E-state index in [0.717, 1.165) is 18.9 Å². The van der Waals surface area contributed by atoms with E-state index in [1.54, 1.807) is 0 Å². The number of hydrogen-bond acceptors (Lipinski definition) is 3. The van der Waals surface area contributed by atoms with Crippen molar-refractivity contribution in [1.82, 2.24) is 9.97 Å². The van der Waals surface area contributed by atoms with Crippen LogP contribution in [-0.2, 0) is 6.42 Å². The molecule has 0 atom stereocenters. The molecule has 1 aromatic heterocycles. The van der Waals surface area contributed by atoms with Gasteiger partial charge in [-0.15, -0.1) is 0 Å². The Labute approximate surface area is 112 Å². The summed E-state index contributed by atoms with van der Waals surface area (Å²) < 4.78 is 39.0. The van der Waals surface area contributed by atoms with Gasteiger partial charge in [0, 0.05) is 12.0 Å². The first-order chi connectivity index (χ1) is 8.78. The summed E-state index contributed by atoms with van der Waals surface area (Å²) in [5.41, 5.74) is -0.472. The summed E-state index contributed by atoms with van der Waals surface area (Å²) in [7, 11) is 0. The molecule has 2 aliphatic rings. The van der Waals surface area contributed by atoms with Gasteiger partial charge in [0.25, 0.3) is 0 Å². The standard InChI is InChI=1S/C12H11ClF3N3/c1-11(4-5-11)19-9-8-6(12(14,15)16)2-3-7(8)17-10(13)18-9/h2H,3-5H2,1H3,(H,17,18,19). The van der Waals surface area contributed by atoms with Gasteiger partial charge in [0.2, 0.25) is 5.28 Å². The average Bonchev–Trinajstić information content (AvgIpc) is 2.84. The Kier molecular flexibility index (Phi) is 2.58. The van der Waals surface area contributed by atoms with Crippen molar-refractivity contribution in [2.24, 2.45) is 0 Å². The molecule has 2 aliphatic carbocycles. The van der Waals surface area contributed by atoms with Crippen LogP contribution in [0.25, 0.3) is 5.57 Å². The van der Waals surface area contributed by atoms with Crippen LogP contribution in [0.5, 0.6) is 0 Å². The van der Waals surface area contributed by atoms with Crippen molar-refractivity contribution in [2.75, 3.05) is 5.32 Å². The number of alkyl halides is 3. The first-order valence-corrected chi connectivity index (χ1v) is 6.29. The van der Waals surface area contributed by atoms with E-state index in [9.17, 15) is 13.2 Å². The molecule has 0 aromatic carbocycles. The molecular formula is C12H11ClF3N3. The minimum atomic E-state index is -4.40. The average molecular weight is 290 g/mol. The third-order valence-corrected chi connectivity index (χ3v) is 3.62. The number of fused-ring (bicyclic) bond motifs is 1. The highest BCUT2D eigenvalue weighted by atomic mass is 35.5. The molecule has 3 nitrogen and oxygen atoms in total. The Bertz CT molecular complexity index is 576. The zero-order valence-corrected chi connectivity index (χ0v) is 10.9. The van der Waals surface area contributed by atoms with E-state index in [2.05, 4.69) is 15.3 Å². The number of nitrogens with one attached hydrogen (secondary N) is 1. The highest BCUT2D eigenvalue weighted by Crippen LogP contribution is 2.45. The third kappa shape index (κ3) is 2.29. The lowest BCUT2D eigenvalue weighted by molar-refractivity contribution is -0.0687. The van der Waals surface area contributed by atoms with Crippen LogP contribution >= 0.6 is 11.6 Å². The molecular weight excluding hydrogens is 279 g/mol. The zero-order valence-electron chi connectivity index (χ0n) is 10.1. The summed E-state index contributed by atoms with van der Waals surface area (Å²) in [5, 5.41) is 3.03. The molecule has 1 N–H and O–H groups in total. The summed E-state index contributed by atoms with van der Waals surface area (Å²) in [5.74, 6) is 0.191. The number of allylic oxidation sites excluding steroid dienone is 2. The van der Waals surface area contributed by atoms with Crippen molar-refractivity contribution in [2.45, 2.75) is 37.9 Å². The Morgan fingerprint density at radius 3 is 2.58 bits per heavy atom. The van der Waals surface area contributed by atoms with E-state index in [1.807, 2.05) is 6.92 Å². The molecule has 0 saturated heterocycles. The van der Waals surface area contributed by atoms with Gasteiger partial charge in [-0.2, -0.15) is 13.2 Å². The van der Waals surface area contributed by atoms with E-state index >= 15 is 0 Å². The Hall–Kier alpha value is -1.30. The number of rotatable bonds is 2. The van der Waals surface area contributed by atoms with Gasteiger partial charge in [-0.05, 0) is 31.4 Å². The van der Waals surface area contributed by atoms with Crippen molar-refractivity contribution in [3.8, 4) is 0 Å². The Morgan fingerprint density at radius 1 is 1.32 bits per heavy atom. The van der Waals surface area contributed by atoms with Crippen LogP contribution in [0.3, 0.4) is 0 Å². The lowest BCUT2D eigenvalue weighted by atomic mass is 10.1. The summed E-state index contributed by atoms with van der Waals surface area (Å²) in [4.78, 5) is 7.83. The van der Waals surface area contributed by atoms with Gasteiger partial charge < -0.3 is 5.32 Å². The highest BCUT2D eigenvalue weighted by Gasteiger charge is 2.43. The van der Waals surface area contributed by atoms with E-state index in [1.165, 1.54) is 0 Å². The predicted octanol–water partition coefficient (Wildman–Crippen LogP) is 3.60. The third-order valence-electron chi connectivity index (χ3n) is 3.45. The van der Waals surface area contributed by atoms with Crippen LogP contribution < -0.4 is 5.32 Å². The number of anilines is 1. The van der Waals surface area contributed by atoms with Crippen LogP contribution in [-0.4, -0.2) is 21.7 Å². The molecule has 7 heteroatoms. The fraction of sp³-hybridized carbons (Fsp3) is 0.500. The molecule has 0 bridgehead atoms. The molecule has 0 aliphatic heterocycles. The van der Waals surface area contributed by atoms with E-state index in [0.29, 0.717) is 5.69 Å². The van der Waals surface area contributed by atoms with Crippen molar-refractivity contribution in [3.05, 3.63) is 22.6 Å². The monoisotopic (exact) mass is 289 g/mol. The molecule has 0 amide bonds. The summed E-state index contributed by atoms with van der Waals surface area (Å²) in [6.45, 7) is 1.95. The molecule has 3 rings (SSSR count). The molecule has 1 fully saturated rings. The predicted molar refractivity (Wildman–Crippen MR) is 66.0 cm³/mol. The second-order valence-corrected chi connectivity index (χ2v) is 5.51. The second kappa shape index (κ2) is 3.85. The second-order valence-electron chi connectivity index (χ2n) is 5.17. The number of nitrogens with zero attached hydrogens (tertiary/aromatic N) is 2. The number of hydrogen-bond donors (Lipinski definition) is 1. The summed E-state index contributed by atoms with van der Waals surface area (Å²) >= 11 is 5.77. The number of halogens is 4. The van der Waals surface area contributed by atoms with Crippen molar-refractivity contribution >= 4 is 23.0 Å². The van der Waals surface area contributed by atoms with E-state index in [4.69, 9.17) is 11.6 Å². The van der Waals surface area contributed by atoms with Crippen molar-refractivity contribution < 1.29 is 13.2 Å². The normalized spacial score (nSPS) is 19.9. The fourth-order valence-electron chi connectivity index (χ4n) is 2.15. The van der Waals surface area contributed by atoms with Crippen LogP contribution in [0, 0.1) is 0 Å². The molecule has 1 aromatic rings. The lowest BCUT2D eigenvalue weighted by Gasteiger charge is -2.18. The lowest BCUT2D eigenvalue weighted by Crippen LogP contribution is -2.20. The van der Waals surface area contributed by atoms with E-state index in [-0.39, 0.29) is 28.6 Å². The summed E-state index contributed by atoms with van der Waals surface area (Å²) in [6.07, 6.45) is -1.31. The van der Waals surface area contributed by atoms with Crippen LogP contribution in [0.2, 0.25) is 5.28 Å². The zero-order chi connectivity index (χ0) is 13.8. The van der Waals surface area contributed by atoms with Crippen molar-refractivity contribution in [1.29, 1.82) is 0 Å². The highest BCUT2D eigenvalue weighted by molar-refractivity contribution is 6.28. The minimum absolute atomic E-state index is 0.0256. The van der Waals surface area contributed by atoms with Crippen LogP contribution in [0.15, 0.2) is 6.08 Å². The molecule has 0 unspecified atom stereocenters. The fourth-order valence-corrected chi connectivity index (χ4v) is 2.34. The Morgan fingerprint density at radius 2 is 2.00 bits per heavy atom. The summed E-state index contributed by atoms with van der Waals surface area (Å²) in [6, 6.07) is 0. The molecule has 19 heavy (non-hydrogen) atoms. The Balaban J connectivity index is 2.07. The van der Waals surface area contributed by atoms with E-state index < -0.39 is 11.7 Å². The molecule has 1 saturated carbocycles. The van der Waals surface area contributed by atoms with Crippen molar-refractivity contribution in [3.63, 3.8) is 0 Å². The van der Waals surface area contributed by atoms with Gasteiger partial charge in [-0.3, -0.25) is 0 Å². The molecule has 1 heterocycles. The molecule has 102 valence electrons. The maximum Gasteiger partial charge on any atom is 0.416 e. The quantitative estimate of drug-likeness (QED) is 0.846. The first kappa shape index (κ1) is 12.7. The van der Waals surface area contributed by atoms with Gasteiger partial charge in [-0.1, -0.05) is 6.08 Å². The number of aromatic nitrogens is 2. The van der Waals surface area contributed by atoms with Gasteiger partial charge in [-0.25, -0.2) is 9.97 Å². The maximum atomic E-state index is 13.0. The van der Waals surface area contributed by atoms with Crippen LogP contribution in [0.1, 0.15) is 31.0 Å². The topological polar surface area (TPSA) is 37.8 Å². The van der Waals surface area contributed by atoms with Gasteiger partial charge >= 0.3 is 6.18 Å². The van der Waals surface area contributed by atoms with Gasteiger partial charge in [0.1, 0.15) is 5.82 Å².